The number of alkyl halides is 1. The lowest BCUT2D eigenvalue weighted by Crippen LogP contribution is -2.15. The largest absolute Gasteiger partial charge is 0.379 e. The Kier molecular flexibility index (Phi) is 6.27. The lowest BCUT2D eigenvalue weighted by atomic mass is 10.2. The molecule has 0 saturated heterocycles. The highest BCUT2D eigenvalue weighted by molar-refractivity contribution is 7.90. The fraction of sp³-hybridized carbons (Fsp3) is 0.455. The van der Waals surface area contributed by atoms with Gasteiger partial charge < -0.3 is 4.74 Å². The van der Waals surface area contributed by atoms with Gasteiger partial charge >= 0.3 is 0 Å². The molecule has 0 heterocycles. The molecule has 96 valence electrons. The number of hydrogen-bond donors (Lipinski definition) is 0. The van der Waals surface area contributed by atoms with Gasteiger partial charge in [0.2, 0.25) is 0 Å². The van der Waals surface area contributed by atoms with Gasteiger partial charge in [-0.25, -0.2) is 8.42 Å². The molecule has 0 spiro atoms. The van der Waals surface area contributed by atoms with Gasteiger partial charge in [-0.05, 0) is 17.7 Å². The zero-order valence-corrected chi connectivity index (χ0v) is 11.6. The first-order valence-electron chi connectivity index (χ1n) is 5.12. The van der Waals surface area contributed by atoms with Crippen molar-refractivity contribution in [2.24, 2.45) is 0 Å². The molecule has 0 radical (unpaired) electrons. The van der Waals surface area contributed by atoms with Crippen molar-refractivity contribution >= 4 is 33.0 Å². The molecule has 0 saturated carbocycles. The van der Waals surface area contributed by atoms with Crippen molar-refractivity contribution < 1.29 is 13.2 Å². The van der Waals surface area contributed by atoms with E-state index in [0.29, 0.717) is 17.5 Å². The lowest BCUT2D eigenvalue weighted by molar-refractivity contribution is 0.165. The Balaban J connectivity index is 2.46. The van der Waals surface area contributed by atoms with Crippen molar-refractivity contribution in [1.82, 2.24) is 0 Å². The molecule has 6 heteroatoms. The van der Waals surface area contributed by atoms with E-state index in [1.54, 1.807) is 24.3 Å². The van der Waals surface area contributed by atoms with Gasteiger partial charge in [-0.15, -0.1) is 11.6 Å². The van der Waals surface area contributed by atoms with Crippen LogP contribution in [-0.2, 0) is 20.3 Å². The zero-order valence-electron chi connectivity index (χ0n) is 9.23. The summed E-state index contributed by atoms with van der Waals surface area (Å²) in [6.45, 7) is 0.556. The van der Waals surface area contributed by atoms with E-state index in [4.69, 9.17) is 27.9 Å². The van der Waals surface area contributed by atoms with Crippen LogP contribution in [-0.4, -0.2) is 33.3 Å². The molecular formula is C11H14Cl2O3S. The van der Waals surface area contributed by atoms with Crippen molar-refractivity contribution in [2.45, 2.75) is 5.75 Å². The number of benzene rings is 1. The third-order valence-corrected chi connectivity index (χ3v) is 4.03. The van der Waals surface area contributed by atoms with Crippen LogP contribution in [0.2, 0.25) is 5.02 Å². The van der Waals surface area contributed by atoms with Crippen molar-refractivity contribution in [3.63, 3.8) is 0 Å². The Morgan fingerprint density at radius 2 is 1.76 bits per heavy atom. The van der Waals surface area contributed by atoms with Crippen LogP contribution in [0.15, 0.2) is 24.3 Å². The highest BCUT2D eigenvalue weighted by Gasteiger charge is 2.11. The second-order valence-corrected chi connectivity index (χ2v) is 6.52. The molecule has 0 aromatic heterocycles. The number of sulfone groups is 1. The van der Waals surface area contributed by atoms with E-state index in [1.165, 1.54) is 0 Å². The number of rotatable bonds is 7. The summed E-state index contributed by atoms with van der Waals surface area (Å²) in [7, 11) is -3.14. The Morgan fingerprint density at radius 3 is 2.35 bits per heavy atom. The summed E-state index contributed by atoms with van der Waals surface area (Å²) in [6.07, 6.45) is 0. The topological polar surface area (TPSA) is 43.4 Å². The third kappa shape index (κ3) is 6.27. The summed E-state index contributed by atoms with van der Waals surface area (Å²) >= 11 is 11.1. The standard InChI is InChI=1S/C11H14Cl2O3S/c12-5-6-16-7-8-17(14,15)9-10-1-3-11(13)4-2-10/h1-4H,5-9H2. The summed E-state index contributed by atoms with van der Waals surface area (Å²) in [4.78, 5) is 0. The molecule has 0 amide bonds. The first kappa shape index (κ1) is 14.8. The first-order valence-corrected chi connectivity index (χ1v) is 7.85. The molecule has 3 nitrogen and oxygen atoms in total. The van der Waals surface area contributed by atoms with Gasteiger partial charge in [-0.1, -0.05) is 23.7 Å². The van der Waals surface area contributed by atoms with Gasteiger partial charge in [0, 0.05) is 10.9 Å². The molecular weight excluding hydrogens is 283 g/mol. The smallest absolute Gasteiger partial charge is 0.156 e. The van der Waals surface area contributed by atoms with Crippen molar-refractivity contribution in [3.8, 4) is 0 Å². The Bertz CT molecular complexity index is 429. The van der Waals surface area contributed by atoms with Crippen LogP contribution < -0.4 is 0 Å². The van der Waals surface area contributed by atoms with Crippen LogP contribution >= 0.6 is 23.2 Å². The van der Waals surface area contributed by atoms with Crippen molar-refractivity contribution in [1.29, 1.82) is 0 Å². The minimum absolute atomic E-state index is 0.00646. The predicted molar refractivity (Wildman–Crippen MR) is 70.5 cm³/mol. The van der Waals surface area contributed by atoms with Crippen LogP contribution in [0.4, 0.5) is 0 Å². The lowest BCUT2D eigenvalue weighted by Gasteiger charge is -2.05. The second kappa shape index (κ2) is 7.21. The maximum Gasteiger partial charge on any atom is 0.156 e. The Morgan fingerprint density at radius 1 is 1.12 bits per heavy atom. The molecule has 0 fully saturated rings. The molecule has 0 atom stereocenters. The summed E-state index contributed by atoms with van der Waals surface area (Å²) < 4.78 is 28.4. The highest BCUT2D eigenvalue weighted by atomic mass is 35.5. The molecule has 0 aliphatic rings. The van der Waals surface area contributed by atoms with Crippen LogP contribution in [0.25, 0.3) is 0 Å². The SMILES string of the molecule is O=S(=O)(CCOCCCl)Cc1ccc(Cl)cc1. The fourth-order valence-electron chi connectivity index (χ4n) is 1.25. The average Bonchev–Trinajstić information content (AvgIpc) is 2.27. The monoisotopic (exact) mass is 296 g/mol. The Hall–Kier alpha value is -0.290. The van der Waals surface area contributed by atoms with Gasteiger partial charge in [0.25, 0.3) is 0 Å². The van der Waals surface area contributed by atoms with E-state index in [-0.39, 0.29) is 18.1 Å². The van der Waals surface area contributed by atoms with E-state index in [2.05, 4.69) is 0 Å². The molecule has 1 aromatic rings. The van der Waals surface area contributed by atoms with Crippen LogP contribution in [0.5, 0.6) is 0 Å². The summed E-state index contributed by atoms with van der Waals surface area (Å²) in [5.41, 5.74) is 0.728. The average molecular weight is 297 g/mol. The molecule has 0 bridgehead atoms. The molecule has 17 heavy (non-hydrogen) atoms. The van der Waals surface area contributed by atoms with Gasteiger partial charge in [0.1, 0.15) is 0 Å². The summed E-state index contributed by atoms with van der Waals surface area (Å²) in [5, 5.41) is 0.594. The number of hydrogen-bond acceptors (Lipinski definition) is 3. The maximum absolute atomic E-state index is 11.7. The summed E-state index contributed by atoms with van der Waals surface area (Å²) in [5.74, 6) is 0.387. The van der Waals surface area contributed by atoms with Gasteiger partial charge in [-0.2, -0.15) is 0 Å². The summed E-state index contributed by atoms with van der Waals surface area (Å²) in [6, 6.07) is 6.77. The predicted octanol–water partition coefficient (Wildman–Crippen LogP) is 2.51. The molecule has 1 aromatic carbocycles. The van der Waals surface area contributed by atoms with Gasteiger partial charge in [0.15, 0.2) is 9.84 Å². The molecule has 0 N–H and O–H groups in total. The minimum atomic E-state index is -3.14. The second-order valence-electron chi connectivity index (χ2n) is 3.52. The minimum Gasteiger partial charge on any atom is -0.379 e. The Labute approximate surface area is 112 Å². The highest BCUT2D eigenvalue weighted by Crippen LogP contribution is 2.12. The van der Waals surface area contributed by atoms with E-state index in [0.717, 1.165) is 5.56 Å². The molecule has 0 aliphatic carbocycles. The van der Waals surface area contributed by atoms with Crippen molar-refractivity contribution in [2.75, 3.05) is 24.8 Å². The maximum atomic E-state index is 11.7. The normalized spacial score (nSPS) is 11.6. The molecule has 1 rings (SSSR count). The van der Waals surface area contributed by atoms with Crippen LogP contribution in [0.1, 0.15) is 5.56 Å². The zero-order chi connectivity index (χ0) is 12.7. The van der Waals surface area contributed by atoms with Crippen LogP contribution in [0.3, 0.4) is 0 Å². The van der Waals surface area contributed by atoms with Gasteiger partial charge in [0.05, 0.1) is 24.7 Å². The number of halogens is 2. The quantitative estimate of drug-likeness (QED) is 0.574. The number of ether oxygens (including phenoxy) is 1. The first-order chi connectivity index (χ1) is 8.03. The van der Waals surface area contributed by atoms with Gasteiger partial charge in [-0.3, -0.25) is 0 Å². The van der Waals surface area contributed by atoms with E-state index in [9.17, 15) is 8.42 Å². The van der Waals surface area contributed by atoms with Crippen LogP contribution in [0, 0.1) is 0 Å². The molecule has 0 unspecified atom stereocenters. The third-order valence-electron chi connectivity index (χ3n) is 2.06. The molecule has 0 aliphatic heterocycles. The van der Waals surface area contributed by atoms with E-state index in [1.807, 2.05) is 0 Å². The van der Waals surface area contributed by atoms with E-state index >= 15 is 0 Å². The fourth-order valence-corrected chi connectivity index (χ4v) is 2.70. The van der Waals surface area contributed by atoms with E-state index < -0.39 is 9.84 Å². The van der Waals surface area contributed by atoms with Crippen molar-refractivity contribution in [3.05, 3.63) is 34.9 Å².